The number of hydrogen-bond acceptors (Lipinski definition) is 3. The quantitative estimate of drug-likeness (QED) is 0.613. The molecule has 0 aromatic rings. The number of hydrogen-bond donors (Lipinski definition) is 0. The zero-order chi connectivity index (χ0) is 10.2. The zero-order valence-electron chi connectivity index (χ0n) is 9.58. The Morgan fingerprint density at radius 3 is 2.50 bits per heavy atom. The van der Waals surface area contributed by atoms with E-state index >= 15 is 0 Å². The van der Waals surface area contributed by atoms with Crippen molar-refractivity contribution in [3.8, 4) is 0 Å². The van der Waals surface area contributed by atoms with Gasteiger partial charge in [0.1, 0.15) is 0 Å². The van der Waals surface area contributed by atoms with Crippen LogP contribution in [0.5, 0.6) is 0 Å². The predicted octanol–water partition coefficient (Wildman–Crippen LogP) is 1.59. The van der Waals surface area contributed by atoms with Crippen LogP contribution in [-0.4, -0.2) is 49.8 Å². The smallest absolute Gasteiger partial charge is 0.188 e. The molecular formula is C10H21N3Si. The first-order valence-corrected chi connectivity index (χ1v) is 9.11. The molecule has 3 nitrogen and oxygen atoms in total. The van der Waals surface area contributed by atoms with Crippen LogP contribution in [0, 0.1) is 0 Å². The van der Waals surface area contributed by atoms with Crippen molar-refractivity contribution in [2.24, 2.45) is 4.99 Å². The first-order chi connectivity index (χ1) is 6.59. The van der Waals surface area contributed by atoms with Crippen LogP contribution in [0.3, 0.4) is 0 Å². The van der Waals surface area contributed by atoms with Crippen molar-refractivity contribution < 1.29 is 0 Å². The van der Waals surface area contributed by atoms with Crippen LogP contribution in [0.25, 0.3) is 0 Å². The van der Waals surface area contributed by atoms with Crippen LogP contribution in [0.15, 0.2) is 4.99 Å². The fourth-order valence-corrected chi connectivity index (χ4v) is 3.90. The molecule has 0 N–H and O–H groups in total. The summed E-state index contributed by atoms with van der Waals surface area (Å²) in [7, 11) is -1.20. The fourth-order valence-electron chi connectivity index (χ4n) is 2.26. The molecule has 0 bridgehead atoms. The lowest BCUT2D eigenvalue weighted by Gasteiger charge is -2.46. The third-order valence-corrected chi connectivity index (χ3v) is 5.03. The van der Waals surface area contributed by atoms with Gasteiger partial charge in [0.25, 0.3) is 0 Å². The fraction of sp³-hybridized carbons (Fsp3) is 0.900. The lowest BCUT2D eigenvalue weighted by molar-refractivity contribution is 0.297. The molecule has 0 aliphatic carbocycles. The minimum absolute atomic E-state index is 1.03. The maximum absolute atomic E-state index is 4.70. The number of nitrogens with zero attached hydrogens (tertiary/aromatic N) is 3. The first kappa shape index (κ1) is 10.0. The largest absolute Gasteiger partial charge is 0.370 e. The van der Waals surface area contributed by atoms with Crippen LogP contribution >= 0.6 is 0 Å². The highest BCUT2D eigenvalue weighted by Crippen LogP contribution is 2.20. The number of rotatable bonds is 1. The second-order valence-corrected chi connectivity index (χ2v) is 10.1. The molecule has 0 spiro atoms. The van der Waals surface area contributed by atoms with E-state index < -0.39 is 8.24 Å². The van der Waals surface area contributed by atoms with E-state index in [0.29, 0.717) is 0 Å². The summed E-state index contributed by atoms with van der Waals surface area (Å²) in [6, 6.07) is 0. The second kappa shape index (κ2) is 3.57. The van der Waals surface area contributed by atoms with E-state index in [2.05, 4.69) is 29.1 Å². The average Bonchev–Trinajstić information content (AvgIpc) is 2.15. The molecule has 80 valence electrons. The molecule has 0 aromatic heterocycles. The summed E-state index contributed by atoms with van der Waals surface area (Å²) in [6.45, 7) is 11.9. The van der Waals surface area contributed by atoms with Crippen LogP contribution in [0.2, 0.25) is 19.6 Å². The normalized spacial score (nSPS) is 23.2. The van der Waals surface area contributed by atoms with E-state index in [4.69, 9.17) is 4.99 Å². The highest BCUT2D eigenvalue weighted by molar-refractivity contribution is 6.75. The highest BCUT2D eigenvalue weighted by atomic mass is 28.3. The van der Waals surface area contributed by atoms with E-state index in [9.17, 15) is 0 Å². The Kier molecular flexibility index (Phi) is 2.55. The summed E-state index contributed by atoms with van der Waals surface area (Å²) < 4.78 is 2.59. The Hall–Kier alpha value is -0.513. The van der Waals surface area contributed by atoms with Gasteiger partial charge in [-0.05, 0) is 12.8 Å². The van der Waals surface area contributed by atoms with Gasteiger partial charge < -0.3 is 9.47 Å². The van der Waals surface area contributed by atoms with Gasteiger partial charge in [-0.1, -0.05) is 19.6 Å². The standard InChI is InChI=1S/C10H21N3Si/c1-14(2,3)13-9-5-8-12-7-4-6-11-10(12)13/h4-9H2,1-3H3. The Morgan fingerprint density at radius 1 is 1.07 bits per heavy atom. The third-order valence-electron chi connectivity index (χ3n) is 2.98. The maximum Gasteiger partial charge on any atom is 0.188 e. The molecule has 14 heavy (non-hydrogen) atoms. The zero-order valence-corrected chi connectivity index (χ0v) is 10.6. The minimum atomic E-state index is -1.20. The second-order valence-electron chi connectivity index (χ2n) is 5.20. The first-order valence-electron chi connectivity index (χ1n) is 5.66. The van der Waals surface area contributed by atoms with Crippen molar-refractivity contribution >= 4 is 14.2 Å². The Balaban J connectivity index is 2.20. The molecule has 2 aliphatic rings. The van der Waals surface area contributed by atoms with Gasteiger partial charge in [-0.15, -0.1) is 0 Å². The summed E-state index contributed by atoms with van der Waals surface area (Å²) in [6.07, 6.45) is 2.55. The Morgan fingerprint density at radius 2 is 1.79 bits per heavy atom. The van der Waals surface area contributed by atoms with Gasteiger partial charge >= 0.3 is 0 Å². The number of fused-ring (bicyclic) bond motifs is 1. The van der Waals surface area contributed by atoms with E-state index in [0.717, 1.165) is 6.54 Å². The lowest BCUT2D eigenvalue weighted by Crippen LogP contribution is -2.60. The minimum Gasteiger partial charge on any atom is -0.370 e. The van der Waals surface area contributed by atoms with Gasteiger partial charge in [0.05, 0.1) is 0 Å². The lowest BCUT2D eigenvalue weighted by atomic mass is 10.2. The van der Waals surface area contributed by atoms with Gasteiger partial charge in [-0.3, -0.25) is 4.99 Å². The monoisotopic (exact) mass is 211 g/mol. The van der Waals surface area contributed by atoms with Crippen LogP contribution in [0.4, 0.5) is 0 Å². The molecule has 2 rings (SSSR count). The van der Waals surface area contributed by atoms with Gasteiger partial charge in [-0.25, -0.2) is 0 Å². The highest BCUT2D eigenvalue weighted by Gasteiger charge is 2.33. The van der Waals surface area contributed by atoms with E-state index in [1.54, 1.807) is 0 Å². The van der Waals surface area contributed by atoms with Crippen molar-refractivity contribution in [3.05, 3.63) is 0 Å². The van der Waals surface area contributed by atoms with E-state index in [1.165, 1.54) is 38.4 Å². The molecule has 0 amide bonds. The van der Waals surface area contributed by atoms with Gasteiger partial charge in [0.15, 0.2) is 14.2 Å². The average molecular weight is 211 g/mol. The molecule has 0 unspecified atom stereocenters. The SMILES string of the molecule is C[Si](C)(C)N1CCCN2CCCN=C21. The molecule has 1 fully saturated rings. The topological polar surface area (TPSA) is 18.8 Å². The molecule has 4 heteroatoms. The van der Waals surface area contributed by atoms with Gasteiger partial charge in [0, 0.05) is 26.2 Å². The molecule has 0 saturated carbocycles. The van der Waals surface area contributed by atoms with E-state index in [1.807, 2.05) is 0 Å². The molecule has 2 aliphatic heterocycles. The summed E-state index contributed by atoms with van der Waals surface area (Å²) in [5, 5.41) is 0. The molecule has 0 aromatic carbocycles. The summed E-state index contributed by atoms with van der Waals surface area (Å²) in [5.74, 6) is 1.31. The van der Waals surface area contributed by atoms with E-state index in [-0.39, 0.29) is 0 Å². The van der Waals surface area contributed by atoms with Crippen molar-refractivity contribution in [3.63, 3.8) is 0 Å². The van der Waals surface area contributed by atoms with Crippen molar-refractivity contribution in [1.29, 1.82) is 0 Å². The van der Waals surface area contributed by atoms with Crippen LogP contribution in [0.1, 0.15) is 12.8 Å². The van der Waals surface area contributed by atoms with Gasteiger partial charge in [-0.2, -0.15) is 0 Å². The summed E-state index contributed by atoms with van der Waals surface area (Å²) in [4.78, 5) is 7.18. The van der Waals surface area contributed by atoms with Crippen LogP contribution < -0.4 is 0 Å². The summed E-state index contributed by atoms with van der Waals surface area (Å²) >= 11 is 0. The van der Waals surface area contributed by atoms with Gasteiger partial charge in [0.2, 0.25) is 0 Å². The molecule has 0 radical (unpaired) electrons. The molecule has 2 heterocycles. The molecule has 1 saturated heterocycles. The van der Waals surface area contributed by atoms with Crippen molar-refractivity contribution in [2.45, 2.75) is 32.5 Å². The predicted molar refractivity (Wildman–Crippen MR) is 63.2 cm³/mol. The Bertz CT molecular complexity index is 244. The van der Waals surface area contributed by atoms with Crippen molar-refractivity contribution in [1.82, 2.24) is 9.47 Å². The maximum atomic E-state index is 4.70. The number of guanidine groups is 1. The number of aliphatic imine (C=N–C) groups is 1. The Labute approximate surface area is 87.9 Å². The van der Waals surface area contributed by atoms with Crippen molar-refractivity contribution in [2.75, 3.05) is 26.2 Å². The molecular weight excluding hydrogens is 190 g/mol. The third kappa shape index (κ3) is 1.80. The van der Waals surface area contributed by atoms with Crippen LogP contribution in [-0.2, 0) is 0 Å². The summed E-state index contributed by atoms with van der Waals surface area (Å²) in [5.41, 5.74) is 0. The molecule has 0 atom stereocenters.